The number of carbonyl (C=O) groups excluding carboxylic acids is 2. The smallest absolute Gasteiger partial charge is 0.409 e. The lowest BCUT2D eigenvalue weighted by Crippen LogP contribution is -2.38. The molecule has 0 unspecified atom stereocenters. The molecule has 1 saturated heterocycles. The number of carbonyl (C=O) groups is 2. The van der Waals surface area contributed by atoms with Crippen molar-refractivity contribution in [1.29, 1.82) is 0 Å². The van der Waals surface area contributed by atoms with Crippen LogP contribution < -0.4 is 0 Å². The Bertz CT molecular complexity index is 307. The van der Waals surface area contributed by atoms with Gasteiger partial charge in [0, 0.05) is 26.2 Å². The largest absolute Gasteiger partial charge is 0.450 e. The molecule has 6 heteroatoms. The molecule has 6 nitrogen and oxygen atoms in total. The van der Waals surface area contributed by atoms with Crippen molar-refractivity contribution in [2.45, 2.75) is 27.2 Å². The van der Waals surface area contributed by atoms with E-state index in [9.17, 15) is 9.59 Å². The van der Waals surface area contributed by atoms with Crippen LogP contribution in [0.3, 0.4) is 0 Å². The van der Waals surface area contributed by atoms with Crippen LogP contribution in [0, 0.1) is 5.92 Å². The number of ether oxygens (including phenoxy) is 2. The summed E-state index contributed by atoms with van der Waals surface area (Å²) in [5, 5.41) is 0. The average Bonchev–Trinajstić information content (AvgIpc) is 2.62. The molecule has 1 fully saturated rings. The summed E-state index contributed by atoms with van der Waals surface area (Å²) in [6.45, 7) is 8.80. The minimum absolute atomic E-state index is 0.292. The molecule has 2 amide bonds. The fraction of sp³-hybridized carbons (Fsp3) is 0.846. The molecule has 0 saturated carbocycles. The van der Waals surface area contributed by atoms with Gasteiger partial charge in [0.15, 0.2) is 0 Å². The van der Waals surface area contributed by atoms with Gasteiger partial charge < -0.3 is 19.3 Å². The molecule has 0 aromatic rings. The molecular formula is C13H24N2O4. The van der Waals surface area contributed by atoms with Crippen molar-refractivity contribution >= 4 is 12.2 Å². The Morgan fingerprint density at radius 1 is 1.00 bits per heavy atom. The third kappa shape index (κ3) is 5.36. The third-order valence-electron chi connectivity index (χ3n) is 2.82. The maximum atomic E-state index is 11.8. The Balaban J connectivity index is 2.40. The molecule has 1 aliphatic heterocycles. The second-order valence-electron chi connectivity index (χ2n) is 5.00. The van der Waals surface area contributed by atoms with Crippen LogP contribution in [-0.2, 0) is 9.47 Å². The van der Waals surface area contributed by atoms with Gasteiger partial charge in [-0.1, -0.05) is 13.8 Å². The highest BCUT2D eigenvalue weighted by Crippen LogP contribution is 2.07. The van der Waals surface area contributed by atoms with Gasteiger partial charge in [0.05, 0.1) is 13.2 Å². The highest BCUT2D eigenvalue weighted by Gasteiger charge is 2.23. The second-order valence-corrected chi connectivity index (χ2v) is 5.00. The predicted molar refractivity (Wildman–Crippen MR) is 71.0 cm³/mol. The molecule has 110 valence electrons. The SMILES string of the molecule is CCOC(=O)N1CCCN(C(=O)OCC(C)C)CC1. The van der Waals surface area contributed by atoms with Crippen molar-refractivity contribution in [3.8, 4) is 0 Å². The lowest BCUT2D eigenvalue weighted by atomic mass is 10.2. The zero-order valence-electron chi connectivity index (χ0n) is 12.1. The van der Waals surface area contributed by atoms with Crippen LogP contribution >= 0.6 is 0 Å². The van der Waals surface area contributed by atoms with E-state index in [1.165, 1.54) is 0 Å². The van der Waals surface area contributed by atoms with Crippen LogP contribution in [-0.4, -0.2) is 61.4 Å². The minimum atomic E-state index is -0.306. The van der Waals surface area contributed by atoms with Crippen molar-refractivity contribution in [3.63, 3.8) is 0 Å². The van der Waals surface area contributed by atoms with Crippen LogP contribution in [0.25, 0.3) is 0 Å². The number of amides is 2. The van der Waals surface area contributed by atoms with Gasteiger partial charge in [-0.2, -0.15) is 0 Å². The van der Waals surface area contributed by atoms with Crippen molar-refractivity contribution in [1.82, 2.24) is 9.80 Å². The summed E-state index contributed by atoms with van der Waals surface area (Å²) in [6, 6.07) is 0. The monoisotopic (exact) mass is 272 g/mol. The van der Waals surface area contributed by atoms with E-state index in [0.29, 0.717) is 45.3 Å². The van der Waals surface area contributed by atoms with E-state index in [1.54, 1.807) is 16.7 Å². The zero-order chi connectivity index (χ0) is 14.3. The van der Waals surface area contributed by atoms with Crippen LogP contribution in [0.5, 0.6) is 0 Å². The normalized spacial score (nSPS) is 16.2. The number of nitrogens with zero attached hydrogens (tertiary/aromatic N) is 2. The van der Waals surface area contributed by atoms with Gasteiger partial charge in [0.2, 0.25) is 0 Å². The molecule has 1 aliphatic rings. The van der Waals surface area contributed by atoms with Crippen LogP contribution in [0.4, 0.5) is 9.59 Å². The Morgan fingerprint density at radius 3 is 2.00 bits per heavy atom. The van der Waals surface area contributed by atoms with E-state index in [-0.39, 0.29) is 12.2 Å². The molecular weight excluding hydrogens is 248 g/mol. The molecule has 0 aromatic heterocycles. The first kappa shape index (κ1) is 15.6. The minimum Gasteiger partial charge on any atom is -0.450 e. The van der Waals surface area contributed by atoms with Gasteiger partial charge in [-0.05, 0) is 19.3 Å². The summed E-state index contributed by atoms with van der Waals surface area (Å²) in [5.41, 5.74) is 0. The first-order valence-corrected chi connectivity index (χ1v) is 6.88. The van der Waals surface area contributed by atoms with Crippen LogP contribution in [0.15, 0.2) is 0 Å². The maximum Gasteiger partial charge on any atom is 0.409 e. The molecule has 19 heavy (non-hydrogen) atoms. The lowest BCUT2D eigenvalue weighted by Gasteiger charge is -2.21. The Hall–Kier alpha value is -1.46. The van der Waals surface area contributed by atoms with Crippen LogP contribution in [0.2, 0.25) is 0 Å². The Morgan fingerprint density at radius 2 is 1.53 bits per heavy atom. The molecule has 0 N–H and O–H groups in total. The first-order chi connectivity index (χ1) is 9.04. The number of hydrogen-bond acceptors (Lipinski definition) is 4. The van der Waals surface area contributed by atoms with Gasteiger partial charge >= 0.3 is 12.2 Å². The summed E-state index contributed by atoms with van der Waals surface area (Å²) in [4.78, 5) is 26.7. The van der Waals surface area contributed by atoms with Crippen molar-refractivity contribution in [3.05, 3.63) is 0 Å². The highest BCUT2D eigenvalue weighted by molar-refractivity contribution is 5.69. The van der Waals surface area contributed by atoms with Crippen molar-refractivity contribution < 1.29 is 19.1 Å². The van der Waals surface area contributed by atoms with Crippen molar-refractivity contribution in [2.24, 2.45) is 5.92 Å². The van der Waals surface area contributed by atoms with Gasteiger partial charge in [-0.3, -0.25) is 0 Å². The first-order valence-electron chi connectivity index (χ1n) is 6.88. The molecule has 0 radical (unpaired) electrons. The van der Waals surface area contributed by atoms with Gasteiger partial charge in [-0.25, -0.2) is 9.59 Å². The standard InChI is InChI=1S/C13H24N2O4/c1-4-18-12(16)14-6-5-7-15(9-8-14)13(17)19-10-11(2)3/h11H,4-10H2,1-3H3. The molecule has 0 aliphatic carbocycles. The molecule has 0 atom stereocenters. The topological polar surface area (TPSA) is 59.1 Å². The summed E-state index contributed by atoms with van der Waals surface area (Å²) < 4.78 is 10.2. The summed E-state index contributed by atoms with van der Waals surface area (Å²) in [5.74, 6) is 0.326. The summed E-state index contributed by atoms with van der Waals surface area (Å²) in [7, 11) is 0. The molecule has 0 spiro atoms. The van der Waals surface area contributed by atoms with Crippen LogP contribution in [0.1, 0.15) is 27.2 Å². The molecule has 0 bridgehead atoms. The van der Waals surface area contributed by atoms with Gasteiger partial charge in [0.25, 0.3) is 0 Å². The van der Waals surface area contributed by atoms with E-state index in [2.05, 4.69) is 0 Å². The third-order valence-corrected chi connectivity index (χ3v) is 2.82. The molecule has 1 heterocycles. The fourth-order valence-electron chi connectivity index (χ4n) is 1.83. The Labute approximate surface area is 114 Å². The lowest BCUT2D eigenvalue weighted by molar-refractivity contribution is 0.0901. The number of rotatable bonds is 3. The van der Waals surface area contributed by atoms with E-state index in [1.807, 2.05) is 13.8 Å². The predicted octanol–water partition coefficient (Wildman–Crippen LogP) is 1.94. The molecule has 1 rings (SSSR count). The van der Waals surface area contributed by atoms with Gasteiger partial charge in [0.1, 0.15) is 0 Å². The zero-order valence-corrected chi connectivity index (χ0v) is 12.1. The van der Waals surface area contributed by atoms with Crippen molar-refractivity contribution in [2.75, 3.05) is 39.4 Å². The fourth-order valence-corrected chi connectivity index (χ4v) is 1.83. The van der Waals surface area contributed by atoms with E-state index >= 15 is 0 Å². The Kier molecular flexibility index (Phi) is 6.45. The van der Waals surface area contributed by atoms with E-state index in [4.69, 9.17) is 9.47 Å². The maximum absolute atomic E-state index is 11.8. The summed E-state index contributed by atoms with van der Waals surface area (Å²) in [6.07, 6.45) is 0.148. The molecule has 0 aromatic carbocycles. The number of hydrogen-bond donors (Lipinski definition) is 0. The average molecular weight is 272 g/mol. The van der Waals surface area contributed by atoms with Gasteiger partial charge in [-0.15, -0.1) is 0 Å². The summed E-state index contributed by atoms with van der Waals surface area (Å²) >= 11 is 0. The second kappa shape index (κ2) is 7.86. The van der Waals surface area contributed by atoms with E-state index < -0.39 is 0 Å². The van der Waals surface area contributed by atoms with E-state index in [0.717, 1.165) is 6.42 Å². The highest BCUT2D eigenvalue weighted by atomic mass is 16.6. The quantitative estimate of drug-likeness (QED) is 0.788.